The maximum absolute atomic E-state index is 13.5. The first-order chi connectivity index (χ1) is 14.6. The Labute approximate surface area is 179 Å². The van der Waals surface area contributed by atoms with Crippen molar-refractivity contribution in [2.75, 3.05) is 39.3 Å². The topological polar surface area (TPSA) is 69.7 Å². The molecule has 1 N–H and O–H groups in total. The summed E-state index contributed by atoms with van der Waals surface area (Å²) in [6.45, 7) is 3.73. The minimum Gasteiger partial charge on any atom is -0.356 e. The quantitative estimate of drug-likeness (QED) is 0.497. The lowest BCUT2D eigenvalue weighted by atomic mass is 9.97. The molecule has 2 saturated heterocycles. The molecular formula is C20H27F4N3O3S. The fourth-order valence-electron chi connectivity index (χ4n) is 4.05. The highest BCUT2D eigenvalue weighted by Crippen LogP contribution is 2.34. The average Bonchev–Trinajstić information content (AvgIpc) is 3.24. The van der Waals surface area contributed by atoms with Crippen LogP contribution in [0, 0.1) is 11.7 Å². The standard InChI is InChI=1S/C20H27F4N3O3S/c21-18-5-4-16(14-17(18)20(22,23)24)31(29,30)27-12-6-15(7-13-27)19(28)25-8-3-11-26-9-1-2-10-26/h4-5,14-15H,1-3,6-13H2,(H,25,28). The molecule has 1 amide bonds. The fourth-order valence-corrected chi connectivity index (χ4v) is 5.55. The number of nitrogens with zero attached hydrogens (tertiary/aromatic N) is 2. The number of amides is 1. The summed E-state index contributed by atoms with van der Waals surface area (Å²) in [5, 5.41) is 2.89. The van der Waals surface area contributed by atoms with Crippen LogP contribution in [0.25, 0.3) is 0 Å². The van der Waals surface area contributed by atoms with Gasteiger partial charge in [-0.2, -0.15) is 17.5 Å². The third kappa shape index (κ3) is 5.95. The van der Waals surface area contributed by atoms with E-state index in [2.05, 4.69) is 10.2 Å². The van der Waals surface area contributed by atoms with Crippen LogP contribution in [0.15, 0.2) is 23.1 Å². The number of carbonyl (C=O) groups is 1. The van der Waals surface area contributed by atoms with Gasteiger partial charge in [0, 0.05) is 25.6 Å². The molecule has 11 heteroatoms. The molecule has 0 unspecified atom stereocenters. The number of carbonyl (C=O) groups excluding carboxylic acids is 1. The van der Waals surface area contributed by atoms with Crippen molar-refractivity contribution in [1.29, 1.82) is 0 Å². The van der Waals surface area contributed by atoms with Crippen molar-refractivity contribution in [2.45, 2.75) is 43.2 Å². The maximum atomic E-state index is 13.5. The number of halogens is 4. The van der Waals surface area contributed by atoms with Crippen molar-refractivity contribution in [3.8, 4) is 0 Å². The van der Waals surface area contributed by atoms with E-state index < -0.39 is 32.5 Å². The SMILES string of the molecule is O=C(NCCCN1CCCC1)C1CCN(S(=O)(=O)c2ccc(F)c(C(F)(F)F)c2)CC1. The highest BCUT2D eigenvalue weighted by atomic mass is 32.2. The summed E-state index contributed by atoms with van der Waals surface area (Å²) in [5.41, 5.74) is -1.61. The van der Waals surface area contributed by atoms with Crippen molar-refractivity contribution >= 4 is 15.9 Å². The van der Waals surface area contributed by atoms with Gasteiger partial charge < -0.3 is 10.2 Å². The Balaban J connectivity index is 1.52. The Morgan fingerprint density at radius 1 is 1.10 bits per heavy atom. The smallest absolute Gasteiger partial charge is 0.356 e. The number of benzene rings is 1. The van der Waals surface area contributed by atoms with Gasteiger partial charge in [-0.25, -0.2) is 12.8 Å². The first kappa shape index (κ1) is 23.9. The number of hydrogen-bond acceptors (Lipinski definition) is 4. The molecule has 0 saturated carbocycles. The van der Waals surface area contributed by atoms with E-state index in [0.717, 1.165) is 36.4 Å². The highest BCUT2D eigenvalue weighted by molar-refractivity contribution is 7.89. The number of piperidine rings is 1. The number of hydrogen-bond donors (Lipinski definition) is 1. The number of likely N-dealkylation sites (tertiary alicyclic amines) is 1. The predicted molar refractivity (Wildman–Crippen MR) is 106 cm³/mol. The zero-order chi connectivity index (χ0) is 22.6. The zero-order valence-electron chi connectivity index (χ0n) is 17.1. The van der Waals surface area contributed by atoms with Crippen LogP contribution < -0.4 is 5.32 Å². The Morgan fingerprint density at radius 3 is 2.35 bits per heavy atom. The van der Waals surface area contributed by atoms with Crippen LogP contribution >= 0.6 is 0 Å². The second kappa shape index (κ2) is 9.83. The summed E-state index contributed by atoms with van der Waals surface area (Å²) in [5.74, 6) is -1.98. The summed E-state index contributed by atoms with van der Waals surface area (Å²) in [7, 11) is -4.21. The molecule has 0 aromatic heterocycles. The summed E-state index contributed by atoms with van der Waals surface area (Å²) in [6, 6.07) is 1.67. The van der Waals surface area contributed by atoms with Crippen LogP contribution in [0.1, 0.15) is 37.7 Å². The number of rotatable bonds is 7. The van der Waals surface area contributed by atoms with E-state index in [0.29, 0.717) is 18.7 Å². The molecule has 2 aliphatic heterocycles. The second-order valence-electron chi connectivity index (χ2n) is 8.01. The lowest BCUT2D eigenvalue weighted by molar-refractivity contribution is -0.140. The molecule has 6 nitrogen and oxygen atoms in total. The summed E-state index contributed by atoms with van der Waals surface area (Å²) in [4.78, 5) is 14.1. The molecule has 1 aromatic carbocycles. The summed E-state index contributed by atoms with van der Waals surface area (Å²) >= 11 is 0. The van der Waals surface area contributed by atoms with E-state index in [9.17, 15) is 30.8 Å². The van der Waals surface area contributed by atoms with E-state index in [1.54, 1.807) is 0 Å². The molecule has 0 aliphatic carbocycles. The molecule has 2 fully saturated rings. The van der Waals surface area contributed by atoms with Gasteiger partial charge in [0.2, 0.25) is 15.9 Å². The molecule has 0 atom stereocenters. The maximum Gasteiger partial charge on any atom is 0.419 e. The lowest BCUT2D eigenvalue weighted by Crippen LogP contribution is -2.43. The molecular weight excluding hydrogens is 438 g/mol. The minimum atomic E-state index is -4.99. The van der Waals surface area contributed by atoms with Gasteiger partial charge in [-0.05, 0) is 69.9 Å². The largest absolute Gasteiger partial charge is 0.419 e. The van der Waals surface area contributed by atoms with E-state index in [1.165, 1.54) is 12.8 Å². The second-order valence-corrected chi connectivity index (χ2v) is 9.95. The van der Waals surface area contributed by atoms with Crippen LogP contribution in [0.3, 0.4) is 0 Å². The van der Waals surface area contributed by atoms with Gasteiger partial charge in [0.05, 0.1) is 10.5 Å². The molecule has 2 aliphatic rings. The van der Waals surface area contributed by atoms with Crippen molar-refractivity contribution < 1.29 is 30.8 Å². The average molecular weight is 466 g/mol. The van der Waals surface area contributed by atoms with Gasteiger partial charge in [-0.15, -0.1) is 0 Å². The Bertz CT molecular complexity index is 878. The van der Waals surface area contributed by atoms with Gasteiger partial charge in [-0.3, -0.25) is 4.79 Å². The molecule has 174 valence electrons. The van der Waals surface area contributed by atoms with Crippen LogP contribution in [0.4, 0.5) is 17.6 Å². The first-order valence-electron chi connectivity index (χ1n) is 10.5. The Morgan fingerprint density at radius 2 is 1.74 bits per heavy atom. The number of nitrogens with one attached hydrogen (secondary N) is 1. The number of sulfonamides is 1. The summed E-state index contributed by atoms with van der Waals surface area (Å²) < 4.78 is 78.7. The van der Waals surface area contributed by atoms with Gasteiger partial charge in [0.1, 0.15) is 5.82 Å². The first-order valence-corrected chi connectivity index (χ1v) is 11.9. The van der Waals surface area contributed by atoms with Crippen molar-refractivity contribution in [1.82, 2.24) is 14.5 Å². The van der Waals surface area contributed by atoms with Crippen LogP contribution in [-0.2, 0) is 21.0 Å². The van der Waals surface area contributed by atoms with E-state index in [4.69, 9.17) is 0 Å². The van der Waals surface area contributed by atoms with Crippen LogP contribution in [0.2, 0.25) is 0 Å². The third-order valence-corrected chi connectivity index (χ3v) is 7.75. The normalized spacial score (nSPS) is 19.6. The summed E-state index contributed by atoms with van der Waals surface area (Å²) in [6.07, 6.45) is -1.15. The predicted octanol–water partition coefficient (Wildman–Crippen LogP) is 2.85. The van der Waals surface area contributed by atoms with Gasteiger partial charge >= 0.3 is 6.18 Å². The molecule has 31 heavy (non-hydrogen) atoms. The fraction of sp³-hybridized carbons (Fsp3) is 0.650. The lowest BCUT2D eigenvalue weighted by Gasteiger charge is -2.30. The van der Waals surface area contributed by atoms with Crippen molar-refractivity contribution in [2.24, 2.45) is 5.92 Å². The van der Waals surface area contributed by atoms with E-state index >= 15 is 0 Å². The number of alkyl halides is 3. The molecule has 3 rings (SSSR count). The van der Waals surface area contributed by atoms with Gasteiger partial charge in [0.15, 0.2) is 0 Å². The molecule has 2 heterocycles. The molecule has 0 radical (unpaired) electrons. The molecule has 0 spiro atoms. The van der Waals surface area contributed by atoms with Gasteiger partial charge in [-0.1, -0.05) is 0 Å². The highest BCUT2D eigenvalue weighted by Gasteiger charge is 2.37. The molecule has 0 bridgehead atoms. The van der Waals surface area contributed by atoms with E-state index in [1.807, 2.05) is 0 Å². The zero-order valence-corrected chi connectivity index (χ0v) is 17.9. The molecule has 1 aromatic rings. The monoisotopic (exact) mass is 465 g/mol. The van der Waals surface area contributed by atoms with Gasteiger partial charge in [0.25, 0.3) is 0 Å². The minimum absolute atomic E-state index is 0.0208. The van der Waals surface area contributed by atoms with E-state index in [-0.39, 0.29) is 37.8 Å². The van der Waals surface area contributed by atoms with Crippen molar-refractivity contribution in [3.63, 3.8) is 0 Å². The van der Waals surface area contributed by atoms with Crippen LogP contribution in [0.5, 0.6) is 0 Å². The Kier molecular flexibility index (Phi) is 7.59. The third-order valence-electron chi connectivity index (χ3n) is 5.85. The van der Waals surface area contributed by atoms with Crippen molar-refractivity contribution in [3.05, 3.63) is 29.6 Å². The Hall–Kier alpha value is -1.72. The van der Waals surface area contributed by atoms with Crippen LogP contribution in [-0.4, -0.2) is 62.8 Å².